The van der Waals surface area contributed by atoms with Gasteiger partial charge in [0.05, 0.1) is 17.8 Å². The van der Waals surface area contributed by atoms with E-state index in [0.29, 0.717) is 5.11 Å². The average Bonchev–Trinajstić information content (AvgIpc) is 3.39. The number of anilines is 2. The van der Waals surface area contributed by atoms with Crippen LogP contribution in [-0.4, -0.2) is 20.6 Å². The zero-order chi connectivity index (χ0) is 28.7. The number of benzene rings is 2. The summed E-state index contributed by atoms with van der Waals surface area (Å²) in [7, 11) is 0. The molecule has 0 bridgehead atoms. The van der Waals surface area contributed by atoms with Crippen LogP contribution in [0.25, 0.3) is 5.69 Å². The van der Waals surface area contributed by atoms with Crippen LogP contribution in [0.2, 0.25) is 0 Å². The zero-order valence-electron chi connectivity index (χ0n) is 24.2. The topological polar surface area (TPSA) is 62.2 Å². The van der Waals surface area contributed by atoms with Crippen LogP contribution in [0.1, 0.15) is 65.3 Å². The number of carbonyl (C=O) groups is 1. The lowest BCUT2D eigenvalue weighted by atomic mass is 9.96. The Morgan fingerprint density at radius 3 is 2.30 bits per heavy atom. The Hall–Kier alpha value is -3.97. The number of hydrogen-bond donors (Lipinski definition) is 2. The third-order valence-electron chi connectivity index (χ3n) is 7.62. The van der Waals surface area contributed by atoms with Crippen molar-refractivity contribution < 1.29 is 4.79 Å². The Morgan fingerprint density at radius 1 is 0.950 bits per heavy atom. The molecule has 0 saturated carbocycles. The van der Waals surface area contributed by atoms with E-state index >= 15 is 0 Å². The van der Waals surface area contributed by atoms with Crippen LogP contribution in [0.5, 0.6) is 0 Å². The lowest BCUT2D eigenvalue weighted by Crippen LogP contribution is -2.29. The highest BCUT2D eigenvalue weighted by molar-refractivity contribution is 7.80. The van der Waals surface area contributed by atoms with Crippen molar-refractivity contribution in [3.63, 3.8) is 0 Å². The first kappa shape index (κ1) is 27.6. The van der Waals surface area contributed by atoms with E-state index < -0.39 is 0 Å². The van der Waals surface area contributed by atoms with E-state index in [1.807, 2.05) is 51.2 Å². The molecule has 5 rings (SSSR count). The summed E-state index contributed by atoms with van der Waals surface area (Å²) in [6.07, 6.45) is 1.83. The number of aromatic nitrogens is 2. The minimum absolute atomic E-state index is 0.00104. The summed E-state index contributed by atoms with van der Waals surface area (Å²) in [6, 6.07) is 20.8. The van der Waals surface area contributed by atoms with Gasteiger partial charge in [0.25, 0.3) is 0 Å². The number of hydrogen-bond acceptors (Lipinski definition) is 3. The van der Waals surface area contributed by atoms with Crippen LogP contribution >= 0.6 is 12.2 Å². The maximum Gasteiger partial charge on any atom is 0.226 e. The van der Waals surface area contributed by atoms with Crippen LogP contribution in [0.15, 0.2) is 66.9 Å². The molecular weight excluding hydrogens is 514 g/mol. The van der Waals surface area contributed by atoms with Crippen LogP contribution in [0.3, 0.4) is 0 Å². The fourth-order valence-electron chi connectivity index (χ4n) is 5.73. The highest BCUT2D eigenvalue weighted by atomic mass is 32.1. The van der Waals surface area contributed by atoms with Crippen LogP contribution in [0, 0.1) is 40.5 Å². The number of nitrogens with one attached hydrogen (secondary N) is 2. The van der Waals surface area contributed by atoms with Gasteiger partial charge in [-0.2, -0.15) is 0 Å². The average molecular weight is 552 g/mol. The number of thiocarbonyl (C=S) groups is 1. The summed E-state index contributed by atoms with van der Waals surface area (Å²) in [5, 5.41) is 7.27. The first-order chi connectivity index (χ1) is 19.0. The molecule has 2 aromatic heterocycles. The Bertz CT molecular complexity index is 1570. The van der Waals surface area contributed by atoms with Gasteiger partial charge in [-0.15, -0.1) is 0 Å². The van der Waals surface area contributed by atoms with Gasteiger partial charge in [-0.05, 0) is 118 Å². The molecule has 0 spiro atoms. The van der Waals surface area contributed by atoms with Crippen molar-refractivity contribution >= 4 is 34.6 Å². The molecule has 1 fully saturated rings. The third kappa shape index (κ3) is 5.13. The fourth-order valence-corrected chi connectivity index (χ4v) is 6.07. The SMILES string of the molecule is Cc1cc(C)cc(-n2c(C)cc([C@H]3[C@@H](c4ccccn4)NC(=S)N3c3ccc(NC(=O)C(C)C)c(C)c3)c2C)c1. The molecule has 0 aliphatic carbocycles. The standard InChI is InChI=1S/C33H37N5OS/c1-19(2)32(39)35-28-12-11-25(17-22(28)5)38-31(30(36-33(38)40)29-10-8-9-13-34-29)27-18-23(6)37(24(27)7)26-15-20(3)14-21(4)16-26/h8-19,30-31H,1-7H3,(H,35,39)(H,36,40)/t30-,31+/m1/s1. The molecule has 2 aromatic carbocycles. The van der Waals surface area contributed by atoms with Gasteiger partial charge in [0, 0.05) is 40.6 Å². The van der Waals surface area contributed by atoms with E-state index in [2.05, 4.69) is 84.2 Å². The van der Waals surface area contributed by atoms with Crippen molar-refractivity contribution in [2.24, 2.45) is 5.92 Å². The molecule has 6 nitrogen and oxygen atoms in total. The second-order valence-corrected chi connectivity index (χ2v) is 11.5. The molecule has 7 heteroatoms. The number of aryl methyl sites for hydroxylation is 4. The summed E-state index contributed by atoms with van der Waals surface area (Å²) in [6.45, 7) is 14.4. The summed E-state index contributed by atoms with van der Waals surface area (Å²) < 4.78 is 2.33. The summed E-state index contributed by atoms with van der Waals surface area (Å²) >= 11 is 5.98. The number of nitrogens with zero attached hydrogens (tertiary/aromatic N) is 3. The van der Waals surface area contributed by atoms with Crippen molar-refractivity contribution in [1.82, 2.24) is 14.9 Å². The molecular formula is C33H37N5OS. The second-order valence-electron chi connectivity index (χ2n) is 11.1. The Labute approximate surface area is 242 Å². The predicted molar refractivity (Wildman–Crippen MR) is 167 cm³/mol. The summed E-state index contributed by atoms with van der Waals surface area (Å²) in [5.41, 5.74) is 10.9. The van der Waals surface area contributed by atoms with Crippen LogP contribution < -0.4 is 15.5 Å². The molecule has 1 aliphatic rings. The van der Waals surface area contributed by atoms with E-state index in [9.17, 15) is 4.79 Å². The minimum Gasteiger partial charge on any atom is -0.351 e. The van der Waals surface area contributed by atoms with Crippen molar-refractivity contribution in [1.29, 1.82) is 0 Å². The number of rotatable bonds is 6. The molecule has 2 N–H and O–H groups in total. The zero-order valence-corrected chi connectivity index (χ0v) is 25.1. The van der Waals surface area contributed by atoms with Crippen LogP contribution in [0.4, 0.5) is 11.4 Å². The van der Waals surface area contributed by atoms with Gasteiger partial charge in [0.2, 0.25) is 5.91 Å². The fraction of sp³-hybridized carbons (Fsp3) is 0.303. The summed E-state index contributed by atoms with van der Waals surface area (Å²) in [4.78, 5) is 19.3. The number of pyridine rings is 1. The van der Waals surface area contributed by atoms with E-state index in [1.54, 1.807) is 0 Å². The van der Waals surface area contributed by atoms with E-state index in [4.69, 9.17) is 17.2 Å². The normalized spacial score (nSPS) is 16.9. The maximum absolute atomic E-state index is 12.4. The van der Waals surface area contributed by atoms with Crippen molar-refractivity contribution in [3.05, 3.63) is 106 Å². The Balaban J connectivity index is 1.63. The lowest BCUT2D eigenvalue weighted by Gasteiger charge is -2.29. The molecule has 1 amide bonds. The van der Waals surface area contributed by atoms with Gasteiger partial charge in [-0.1, -0.05) is 26.0 Å². The molecule has 1 saturated heterocycles. The van der Waals surface area contributed by atoms with Crippen LogP contribution in [-0.2, 0) is 4.79 Å². The van der Waals surface area contributed by atoms with Gasteiger partial charge < -0.3 is 20.1 Å². The summed E-state index contributed by atoms with van der Waals surface area (Å²) in [5.74, 6) is -0.0912. The molecule has 206 valence electrons. The monoisotopic (exact) mass is 551 g/mol. The minimum atomic E-state index is -0.137. The molecule has 1 aliphatic heterocycles. The van der Waals surface area contributed by atoms with Gasteiger partial charge in [-0.3, -0.25) is 9.78 Å². The quantitative estimate of drug-likeness (QED) is 0.249. The largest absolute Gasteiger partial charge is 0.351 e. The van der Waals surface area contributed by atoms with E-state index in [1.165, 1.54) is 22.4 Å². The highest BCUT2D eigenvalue weighted by Gasteiger charge is 2.42. The van der Waals surface area contributed by atoms with Gasteiger partial charge in [-0.25, -0.2) is 0 Å². The molecule has 2 atom stereocenters. The first-order valence-electron chi connectivity index (χ1n) is 13.7. The molecule has 0 radical (unpaired) electrons. The van der Waals surface area contributed by atoms with Crippen molar-refractivity contribution in [2.45, 2.75) is 60.5 Å². The molecule has 0 unspecified atom stereocenters. The maximum atomic E-state index is 12.4. The molecule has 40 heavy (non-hydrogen) atoms. The molecule has 4 aromatic rings. The van der Waals surface area contributed by atoms with E-state index in [0.717, 1.165) is 34.0 Å². The lowest BCUT2D eigenvalue weighted by molar-refractivity contribution is -0.118. The smallest absolute Gasteiger partial charge is 0.226 e. The molecule has 3 heterocycles. The first-order valence-corrected chi connectivity index (χ1v) is 14.2. The Morgan fingerprint density at radius 2 is 1.68 bits per heavy atom. The second kappa shape index (κ2) is 10.9. The number of carbonyl (C=O) groups excluding carboxylic acids is 1. The van der Waals surface area contributed by atoms with Crippen molar-refractivity contribution in [2.75, 3.05) is 10.2 Å². The van der Waals surface area contributed by atoms with Gasteiger partial charge >= 0.3 is 0 Å². The predicted octanol–water partition coefficient (Wildman–Crippen LogP) is 7.19. The third-order valence-corrected chi connectivity index (χ3v) is 7.94. The van der Waals surface area contributed by atoms with E-state index in [-0.39, 0.29) is 23.9 Å². The van der Waals surface area contributed by atoms with Gasteiger partial charge in [0.15, 0.2) is 5.11 Å². The van der Waals surface area contributed by atoms with Crippen molar-refractivity contribution in [3.8, 4) is 5.69 Å². The number of amides is 1. The highest BCUT2D eigenvalue weighted by Crippen LogP contribution is 2.44. The van der Waals surface area contributed by atoms with Gasteiger partial charge in [0.1, 0.15) is 0 Å². The Kier molecular flexibility index (Phi) is 7.51.